The van der Waals surface area contributed by atoms with E-state index in [0.29, 0.717) is 5.82 Å². The minimum Gasteiger partial charge on any atom is -0.384 e. The average Bonchev–Trinajstić information content (AvgIpc) is 1.69. The van der Waals surface area contributed by atoms with Gasteiger partial charge in [0.2, 0.25) is 0 Å². The third-order valence-corrected chi connectivity index (χ3v) is 0.688. The average molecular weight is 256 g/mol. The molecule has 9 heavy (non-hydrogen) atoms. The molecule has 0 fully saturated rings. The molecule has 0 saturated carbocycles. The fourth-order valence-corrected chi connectivity index (χ4v) is 0.376. The summed E-state index contributed by atoms with van der Waals surface area (Å²) in [6.45, 7) is 0. The smallest absolute Gasteiger partial charge is 0.123 e. The molecule has 0 saturated heterocycles. The van der Waals surface area contributed by atoms with Crippen molar-refractivity contribution in [3.8, 4) is 0 Å². The highest BCUT2D eigenvalue weighted by Crippen LogP contribution is 1.89. The van der Waals surface area contributed by atoms with Crippen molar-refractivity contribution in [3.63, 3.8) is 0 Å². The molecule has 1 rings (SSSR count). The van der Waals surface area contributed by atoms with Crippen molar-refractivity contribution in [1.29, 1.82) is 0 Å². The molecule has 0 bridgehead atoms. The molecule has 1 aromatic rings. The van der Waals surface area contributed by atoms with Gasteiger partial charge in [-0.3, -0.25) is 0 Å². The van der Waals surface area contributed by atoms with Crippen LogP contribution in [-0.4, -0.2) is 4.98 Å². The Hall–Kier alpha value is -0.0900. The van der Waals surface area contributed by atoms with Crippen LogP contribution in [0.5, 0.6) is 0 Å². The first-order chi connectivity index (χ1) is 3.39. The van der Waals surface area contributed by atoms with E-state index >= 15 is 0 Å². The van der Waals surface area contributed by atoms with Crippen molar-refractivity contribution in [1.82, 2.24) is 4.98 Å². The summed E-state index contributed by atoms with van der Waals surface area (Å²) in [6, 6.07) is 5.43. The van der Waals surface area contributed by atoms with Gasteiger partial charge < -0.3 is 5.73 Å². The summed E-state index contributed by atoms with van der Waals surface area (Å²) in [7, 11) is 0. The van der Waals surface area contributed by atoms with Crippen molar-refractivity contribution >= 4 is 39.8 Å². The lowest BCUT2D eigenvalue weighted by Crippen LogP contribution is -1.85. The highest BCUT2D eigenvalue weighted by atomic mass is 79.9. The molecule has 0 spiro atoms. The highest BCUT2D eigenvalue weighted by molar-refractivity contribution is 8.93. The Morgan fingerprint density at radius 3 is 2.11 bits per heavy atom. The molecular formula is C5H8Br2N2. The fraction of sp³-hybridized carbons (Fsp3) is 0. The van der Waals surface area contributed by atoms with Crippen molar-refractivity contribution in [2.24, 2.45) is 0 Å². The van der Waals surface area contributed by atoms with Crippen LogP contribution in [0.4, 0.5) is 5.82 Å². The molecule has 0 aliphatic heterocycles. The molecule has 0 atom stereocenters. The van der Waals surface area contributed by atoms with Gasteiger partial charge >= 0.3 is 0 Å². The maximum atomic E-state index is 5.25. The van der Waals surface area contributed by atoms with Gasteiger partial charge in [-0.25, -0.2) is 4.98 Å². The fourth-order valence-electron chi connectivity index (χ4n) is 0.376. The summed E-state index contributed by atoms with van der Waals surface area (Å²) in [4.78, 5) is 3.76. The van der Waals surface area contributed by atoms with Crippen LogP contribution in [0.25, 0.3) is 0 Å². The van der Waals surface area contributed by atoms with Gasteiger partial charge in [-0.15, -0.1) is 34.0 Å². The molecule has 0 aliphatic rings. The predicted molar refractivity (Wildman–Crippen MR) is 49.3 cm³/mol. The van der Waals surface area contributed by atoms with Crippen LogP contribution in [-0.2, 0) is 0 Å². The first-order valence-corrected chi connectivity index (χ1v) is 2.06. The van der Waals surface area contributed by atoms with Crippen LogP contribution in [0.15, 0.2) is 24.4 Å². The first-order valence-electron chi connectivity index (χ1n) is 2.06. The standard InChI is InChI=1S/C5H6N2.2BrH/c6-5-3-1-2-4-7-5;;/h1-4H,(H2,6,7);2*1H. The van der Waals surface area contributed by atoms with E-state index in [1.807, 2.05) is 12.1 Å². The Morgan fingerprint density at radius 2 is 1.89 bits per heavy atom. The normalized spacial score (nSPS) is 6.67. The van der Waals surface area contributed by atoms with Gasteiger partial charge in [-0.2, -0.15) is 0 Å². The summed E-state index contributed by atoms with van der Waals surface area (Å²) in [5.74, 6) is 0.572. The van der Waals surface area contributed by atoms with Crippen molar-refractivity contribution in [3.05, 3.63) is 24.4 Å². The largest absolute Gasteiger partial charge is 0.384 e. The van der Waals surface area contributed by atoms with Crippen LogP contribution in [0.3, 0.4) is 0 Å². The number of pyridine rings is 1. The van der Waals surface area contributed by atoms with Crippen LogP contribution >= 0.6 is 34.0 Å². The van der Waals surface area contributed by atoms with Crippen LogP contribution in [0, 0.1) is 0 Å². The van der Waals surface area contributed by atoms with Gasteiger partial charge in [0.1, 0.15) is 5.82 Å². The minimum atomic E-state index is 0. The second-order valence-electron chi connectivity index (χ2n) is 1.25. The van der Waals surface area contributed by atoms with Gasteiger partial charge in [0.15, 0.2) is 0 Å². The first kappa shape index (κ1) is 11.7. The molecule has 0 radical (unpaired) electrons. The van der Waals surface area contributed by atoms with Gasteiger partial charge in [0.25, 0.3) is 0 Å². The zero-order valence-corrected chi connectivity index (χ0v) is 8.08. The Balaban J connectivity index is 0. The van der Waals surface area contributed by atoms with E-state index in [9.17, 15) is 0 Å². The van der Waals surface area contributed by atoms with E-state index in [0.717, 1.165) is 0 Å². The lowest BCUT2D eigenvalue weighted by atomic mass is 10.5. The molecule has 2 nitrogen and oxygen atoms in total. The Morgan fingerprint density at radius 1 is 1.22 bits per heavy atom. The molecule has 0 unspecified atom stereocenters. The molecule has 0 aromatic carbocycles. The number of aromatic nitrogens is 1. The van der Waals surface area contributed by atoms with E-state index in [-0.39, 0.29) is 34.0 Å². The van der Waals surface area contributed by atoms with Crippen LogP contribution in [0.1, 0.15) is 0 Å². The molecule has 4 heteroatoms. The molecule has 0 amide bonds. The van der Waals surface area contributed by atoms with Gasteiger partial charge in [-0.1, -0.05) is 6.07 Å². The molecule has 0 aliphatic carbocycles. The Labute approximate surface area is 75.0 Å². The summed E-state index contributed by atoms with van der Waals surface area (Å²) in [5, 5.41) is 0. The maximum absolute atomic E-state index is 5.25. The number of nitrogens with zero attached hydrogens (tertiary/aromatic N) is 1. The number of anilines is 1. The second-order valence-corrected chi connectivity index (χ2v) is 1.25. The van der Waals surface area contributed by atoms with Gasteiger partial charge in [0.05, 0.1) is 0 Å². The van der Waals surface area contributed by atoms with Crippen molar-refractivity contribution < 1.29 is 0 Å². The SMILES string of the molecule is Br.Br.Nc1ccccn1. The lowest BCUT2D eigenvalue weighted by Gasteiger charge is -1.82. The second kappa shape index (κ2) is 6.04. The van der Waals surface area contributed by atoms with Crippen molar-refractivity contribution in [2.45, 2.75) is 0 Å². The predicted octanol–water partition coefficient (Wildman–Crippen LogP) is 1.82. The number of halogens is 2. The summed E-state index contributed by atoms with van der Waals surface area (Å²) < 4.78 is 0. The van der Waals surface area contributed by atoms with Crippen LogP contribution < -0.4 is 5.73 Å². The van der Waals surface area contributed by atoms with Gasteiger partial charge in [0, 0.05) is 6.20 Å². The van der Waals surface area contributed by atoms with Crippen molar-refractivity contribution in [2.75, 3.05) is 5.73 Å². The lowest BCUT2D eigenvalue weighted by molar-refractivity contribution is 1.34. The summed E-state index contributed by atoms with van der Waals surface area (Å²) in [6.07, 6.45) is 1.66. The molecule has 52 valence electrons. The number of nitrogen functional groups attached to an aromatic ring is 1. The van der Waals surface area contributed by atoms with Crippen LogP contribution in [0.2, 0.25) is 0 Å². The third kappa shape index (κ3) is 4.42. The van der Waals surface area contributed by atoms with E-state index in [2.05, 4.69) is 4.98 Å². The molecule has 2 N–H and O–H groups in total. The van der Waals surface area contributed by atoms with Gasteiger partial charge in [-0.05, 0) is 12.1 Å². The number of rotatable bonds is 0. The molecule has 1 aromatic heterocycles. The number of hydrogen-bond acceptors (Lipinski definition) is 2. The minimum absolute atomic E-state index is 0. The zero-order chi connectivity index (χ0) is 5.11. The molecular weight excluding hydrogens is 248 g/mol. The maximum Gasteiger partial charge on any atom is 0.123 e. The van der Waals surface area contributed by atoms with E-state index < -0.39 is 0 Å². The van der Waals surface area contributed by atoms with E-state index in [1.54, 1.807) is 12.3 Å². The zero-order valence-electron chi connectivity index (χ0n) is 4.65. The topological polar surface area (TPSA) is 38.9 Å². The Bertz CT molecular complexity index is 143. The Kier molecular flexibility index (Phi) is 7.83. The third-order valence-electron chi connectivity index (χ3n) is 0.688. The summed E-state index contributed by atoms with van der Waals surface area (Å²) in [5.41, 5.74) is 5.25. The molecule has 1 heterocycles. The van der Waals surface area contributed by atoms with E-state index in [1.165, 1.54) is 0 Å². The quantitative estimate of drug-likeness (QED) is 0.768. The summed E-state index contributed by atoms with van der Waals surface area (Å²) >= 11 is 0. The number of hydrogen-bond donors (Lipinski definition) is 1. The number of nitrogens with two attached hydrogens (primary N) is 1. The van der Waals surface area contributed by atoms with E-state index in [4.69, 9.17) is 5.73 Å². The monoisotopic (exact) mass is 254 g/mol. The highest BCUT2D eigenvalue weighted by Gasteiger charge is 1.73.